The molecule has 2 unspecified atom stereocenters. The van der Waals surface area contributed by atoms with Crippen LogP contribution in [-0.2, 0) is 0 Å². The van der Waals surface area contributed by atoms with Crippen molar-refractivity contribution in [1.82, 2.24) is 9.80 Å². The summed E-state index contributed by atoms with van der Waals surface area (Å²) in [5.41, 5.74) is 0.636. The van der Waals surface area contributed by atoms with Gasteiger partial charge in [0, 0.05) is 63.5 Å². The Kier molecular flexibility index (Phi) is 7.01. The number of piperazine rings is 1. The van der Waals surface area contributed by atoms with Crippen LogP contribution in [0.4, 0.5) is 20.2 Å². The lowest BCUT2D eigenvalue weighted by atomic mass is 10.1. The maximum atomic E-state index is 14.5. The summed E-state index contributed by atoms with van der Waals surface area (Å²) in [5.74, 6) is 0. The molecule has 3 rings (SSSR count). The van der Waals surface area contributed by atoms with E-state index in [1.165, 1.54) is 48.5 Å². The van der Waals surface area contributed by atoms with Gasteiger partial charge in [-0.2, -0.15) is 0 Å². The van der Waals surface area contributed by atoms with E-state index < -0.39 is 22.2 Å². The standard InChI is InChI=1S/C20H22F2N4O4/c21-19(15-1-5-17(6-2-15)25(27)28)13-23-9-11-24(12-10-23)14-20(22)16-3-7-18(8-4-16)26(29)30/h1-8,19-20H,9-14H2. The van der Waals surface area contributed by atoms with E-state index in [9.17, 15) is 29.0 Å². The zero-order chi connectivity index (χ0) is 21.7. The van der Waals surface area contributed by atoms with Gasteiger partial charge in [0.25, 0.3) is 11.4 Å². The SMILES string of the molecule is O=[N+]([O-])c1ccc(C(F)CN2CCN(CC(F)c3ccc([N+](=O)[O-])cc3)CC2)cc1. The van der Waals surface area contributed by atoms with Crippen LogP contribution < -0.4 is 0 Å². The minimum Gasteiger partial charge on any atom is -0.298 e. The van der Waals surface area contributed by atoms with Gasteiger partial charge in [0.1, 0.15) is 12.3 Å². The first-order chi connectivity index (χ1) is 14.3. The predicted octanol–water partition coefficient (Wildman–Crippen LogP) is 3.84. The second-order valence-corrected chi connectivity index (χ2v) is 7.23. The molecular formula is C20H22F2N4O4. The highest BCUT2D eigenvalue weighted by Gasteiger charge is 2.24. The first-order valence-corrected chi connectivity index (χ1v) is 9.55. The van der Waals surface area contributed by atoms with Crippen molar-refractivity contribution >= 4 is 11.4 Å². The Bertz CT molecular complexity index is 798. The van der Waals surface area contributed by atoms with Crippen molar-refractivity contribution in [1.29, 1.82) is 0 Å². The number of hydrogen-bond acceptors (Lipinski definition) is 6. The van der Waals surface area contributed by atoms with Gasteiger partial charge in [0.2, 0.25) is 0 Å². The third-order valence-corrected chi connectivity index (χ3v) is 5.23. The molecule has 0 bridgehead atoms. The Hall–Kier alpha value is -2.98. The van der Waals surface area contributed by atoms with Gasteiger partial charge < -0.3 is 0 Å². The van der Waals surface area contributed by atoms with E-state index in [0.29, 0.717) is 37.3 Å². The van der Waals surface area contributed by atoms with Crippen molar-refractivity contribution < 1.29 is 18.6 Å². The number of nitro benzene ring substituents is 2. The van der Waals surface area contributed by atoms with Gasteiger partial charge in [-0.3, -0.25) is 30.0 Å². The molecule has 0 N–H and O–H groups in total. The van der Waals surface area contributed by atoms with Gasteiger partial charge in [-0.15, -0.1) is 0 Å². The number of alkyl halides is 2. The summed E-state index contributed by atoms with van der Waals surface area (Å²) in [6, 6.07) is 10.9. The molecule has 0 spiro atoms. The first kappa shape index (κ1) is 21.7. The molecule has 0 aromatic heterocycles. The zero-order valence-corrected chi connectivity index (χ0v) is 16.2. The Labute approximate surface area is 172 Å². The van der Waals surface area contributed by atoms with E-state index in [1.54, 1.807) is 0 Å². The van der Waals surface area contributed by atoms with Crippen LogP contribution in [0.15, 0.2) is 48.5 Å². The van der Waals surface area contributed by atoms with Gasteiger partial charge in [0.05, 0.1) is 9.85 Å². The summed E-state index contributed by atoms with van der Waals surface area (Å²) >= 11 is 0. The van der Waals surface area contributed by atoms with E-state index >= 15 is 0 Å². The lowest BCUT2D eigenvalue weighted by Gasteiger charge is -2.35. The Morgan fingerprint density at radius 1 is 0.700 bits per heavy atom. The molecule has 1 fully saturated rings. The maximum Gasteiger partial charge on any atom is 0.269 e. The van der Waals surface area contributed by atoms with Crippen molar-refractivity contribution in [3.63, 3.8) is 0 Å². The van der Waals surface area contributed by atoms with Crippen LogP contribution >= 0.6 is 0 Å². The van der Waals surface area contributed by atoms with E-state index in [-0.39, 0.29) is 24.5 Å². The van der Waals surface area contributed by atoms with Gasteiger partial charge in [-0.05, 0) is 35.4 Å². The van der Waals surface area contributed by atoms with E-state index in [4.69, 9.17) is 0 Å². The van der Waals surface area contributed by atoms with Crippen LogP contribution in [0.5, 0.6) is 0 Å². The normalized spacial score (nSPS) is 17.4. The fourth-order valence-electron chi connectivity index (χ4n) is 3.43. The van der Waals surface area contributed by atoms with Gasteiger partial charge in [-0.25, -0.2) is 8.78 Å². The van der Waals surface area contributed by atoms with Crippen LogP contribution in [-0.4, -0.2) is 58.9 Å². The molecular weight excluding hydrogens is 398 g/mol. The molecule has 1 heterocycles. The molecule has 1 aliphatic rings. The number of non-ortho nitro benzene ring substituents is 2. The van der Waals surface area contributed by atoms with E-state index in [2.05, 4.69) is 0 Å². The van der Waals surface area contributed by atoms with E-state index in [1.807, 2.05) is 9.80 Å². The van der Waals surface area contributed by atoms with Crippen LogP contribution in [0.25, 0.3) is 0 Å². The smallest absolute Gasteiger partial charge is 0.269 e. The fraction of sp³-hybridized carbons (Fsp3) is 0.400. The third kappa shape index (κ3) is 5.55. The quantitative estimate of drug-likeness (QED) is 0.476. The lowest BCUT2D eigenvalue weighted by Crippen LogP contribution is -2.48. The Balaban J connectivity index is 1.46. The predicted molar refractivity (Wildman–Crippen MR) is 107 cm³/mol. The minimum atomic E-state index is -1.26. The molecule has 0 amide bonds. The molecule has 2 atom stereocenters. The van der Waals surface area contributed by atoms with Crippen LogP contribution in [0.3, 0.4) is 0 Å². The summed E-state index contributed by atoms with van der Waals surface area (Å²) < 4.78 is 29.1. The molecule has 10 heteroatoms. The average molecular weight is 420 g/mol. The van der Waals surface area contributed by atoms with Crippen molar-refractivity contribution in [3.8, 4) is 0 Å². The topological polar surface area (TPSA) is 92.8 Å². The molecule has 30 heavy (non-hydrogen) atoms. The summed E-state index contributed by atoms with van der Waals surface area (Å²) in [6.07, 6.45) is -2.52. The molecule has 0 radical (unpaired) electrons. The van der Waals surface area contributed by atoms with Gasteiger partial charge >= 0.3 is 0 Å². The monoisotopic (exact) mass is 420 g/mol. The van der Waals surface area contributed by atoms with Crippen molar-refractivity contribution in [2.75, 3.05) is 39.3 Å². The number of hydrogen-bond donors (Lipinski definition) is 0. The van der Waals surface area contributed by atoms with Crippen molar-refractivity contribution in [3.05, 3.63) is 79.9 Å². The maximum absolute atomic E-state index is 14.5. The highest BCUT2D eigenvalue weighted by molar-refractivity contribution is 5.34. The molecule has 8 nitrogen and oxygen atoms in total. The minimum absolute atomic E-state index is 0.0756. The number of benzene rings is 2. The van der Waals surface area contributed by atoms with Gasteiger partial charge in [-0.1, -0.05) is 0 Å². The lowest BCUT2D eigenvalue weighted by molar-refractivity contribution is -0.385. The number of nitrogens with zero attached hydrogens (tertiary/aromatic N) is 4. The summed E-state index contributed by atoms with van der Waals surface area (Å²) in [6.45, 7) is 2.68. The molecule has 1 aliphatic heterocycles. The number of nitro groups is 2. The van der Waals surface area contributed by atoms with Gasteiger partial charge in [0.15, 0.2) is 0 Å². The van der Waals surface area contributed by atoms with E-state index in [0.717, 1.165) is 0 Å². The fourth-order valence-corrected chi connectivity index (χ4v) is 3.43. The van der Waals surface area contributed by atoms with Crippen LogP contribution in [0.2, 0.25) is 0 Å². The largest absolute Gasteiger partial charge is 0.298 e. The van der Waals surface area contributed by atoms with Crippen LogP contribution in [0, 0.1) is 20.2 Å². The molecule has 0 saturated carbocycles. The Morgan fingerprint density at radius 2 is 1.00 bits per heavy atom. The molecule has 160 valence electrons. The van der Waals surface area contributed by atoms with Crippen molar-refractivity contribution in [2.24, 2.45) is 0 Å². The highest BCUT2D eigenvalue weighted by atomic mass is 19.1. The number of halogens is 2. The average Bonchev–Trinajstić information content (AvgIpc) is 2.75. The highest BCUT2D eigenvalue weighted by Crippen LogP contribution is 2.24. The second-order valence-electron chi connectivity index (χ2n) is 7.23. The molecule has 1 saturated heterocycles. The zero-order valence-electron chi connectivity index (χ0n) is 16.2. The molecule has 2 aromatic carbocycles. The third-order valence-electron chi connectivity index (χ3n) is 5.23. The van der Waals surface area contributed by atoms with Crippen molar-refractivity contribution in [2.45, 2.75) is 12.3 Å². The molecule has 2 aromatic rings. The second kappa shape index (κ2) is 9.68. The Morgan fingerprint density at radius 3 is 1.27 bits per heavy atom. The number of rotatable bonds is 8. The van der Waals surface area contributed by atoms with Crippen LogP contribution in [0.1, 0.15) is 23.5 Å². The first-order valence-electron chi connectivity index (χ1n) is 9.55. The molecule has 0 aliphatic carbocycles. The summed E-state index contributed by atoms with van der Waals surface area (Å²) in [4.78, 5) is 24.2. The summed E-state index contributed by atoms with van der Waals surface area (Å²) in [5, 5.41) is 21.4. The summed E-state index contributed by atoms with van der Waals surface area (Å²) in [7, 11) is 0.